The number of carboxylic acids is 1. The molecule has 1 aromatic carbocycles. The highest BCUT2D eigenvalue weighted by atomic mass is 16.4. The number of carbonyl (C=O) groups excluding carboxylic acids is 1. The van der Waals surface area contributed by atoms with Crippen molar-refractivity contribution in [1.82, 2.24) is 5.32 Å². The Balaban J connectivity index is 2.35. The predicted octanol–water partition coefficient (Wildman–Crippen LogP) is 1.77. The van der Waals surface area contributed by atoms with Gasteiger partial charge in [0.25, 0.3) is 0 Å². The van der Waals surface area contributed by atoms with Crippen LogP contribution in [0.4, 0.5) is 0 Å². The van der Waals surface area contributed by atoms with E-state index in [9.17, 15) is 9.59 Å². The number of carbonyl (C=O) groups is 2. The summed E-state index contributed by atoms with van der Waals surface area (Å²) in [5.74, 6) is -1.11. The maximum absolute atomic E-state index is 11.7. The molecular weight excluding hydrogens is 218 g/mol. The number of nitrogens with one attached hydrogen (secondary N) is 1. The van der Waals surface area contributed by atoms with Crippen LogP contribution in [0.5, 0.6) is 0 Å². The molecule has 0 aliphatic heterocycles. The monoisotopic (exact) mass is 235 g/mol. The zero-order valence-corrected chi connectivity index (χ0v) is 9.85. The van der Waals surface area contributed by atoms with Gasteiger partial charge in [0.2, 0.25) is 5.91 Å². The van der Waals surface area contributed by atoms with Crippen LogP contribution in [0.3, 0.4) is 0 Å². The maximum Gasteiger partial charge on any atom is 0.303 e. The minimum atomic E-state index is -0.838. The third-order valence-electron chi connectivity index (χ3n) is 2.56. The molecule has 1 amide bonds. The number of rotatable bonds is 6. The molecule has 0 spiro atoms. The third kappa shape index (κ3) is 4.68. The van der Waals surface area contributed by atoms with Crippen molar-refractivity contribution in [3.05, 3.63) is 35.9 Å². The molecule has 0 heterocycles. The molecule has 92 valence electrons. The lowest BCUT2D eigenvalue weighted by Gasteiger charge is -2.11. The minimum absolute atomic E-state index is 0.0680. The molecule has 0 aromatic heterocycles. The van der Waals surface area contributed by atoms with Gasteiger partial charge in [0.05, 0.1) is 5.92 Å². The zero-order valence-electron chi connectivity index (χ0n) is 9.85. The van der Waals surface area contributed by atoms with E-state index in [1.807, 2.05) is 37.3 Å². The Labute approximate surface area is 101 Å². The average molecular weight is 235 g/mol. The summed E-state index contributed by atoms with van der Waals surface area (Å²) in [6, 6.07) is 9.50. The van der Waals surface area contributed by atoms with Gasteiger partial charge >= 0.3 is 5.97 Å². The van der Waals surface area contributed by atoms with Gasteiger partial charge in [0.15, 0.2) is 0 Å². The van der Waals surface area contributed by atoms with Gasteiger partial charge in [0.1, 0.15) is 0 Å². The fourth-order valence-electron chi connectivity index (χ4n) is 1.50. The predicted molar refractivity (Wildman–Crippen MR) is 64.7 cm³/mol. The summed E-state index contributed by atoms with van der Waals surface area (Å²) in [6.45, 7) is 2.24. The molecule has 4 nitrogen and oxygen atoms in total. The molecule has 0 saturated carbocycles. The van der Waals surface area contributed by atoms with Gasteiger partial charge < -0.3 is 10.4 Å². The SMILES string of the molecule is C[C@@H](C(=O)NCCCC(=O)O)c1ccccc1. The minimum Gasteiger partial charge on any atom is -0.481 e. The number of carboxylic acid groups (broad SMARTS) is 1. The number of amides is 1. The van der Waals surface area contributed by atoms with E-state index >= 15 is 0 Å². The molecule has 2 N–H and O–H groups in total. The van der Waals surface area contributed by atoms with Crippen molar-refractivity contribution in [3.63, 3.8) is 0 Å². The molecule has 1 atom stereocenters. The summed E-state index contributed by atoms with van der Waals surface area (Å²) in [4.78, 5) is 22.0. The fraction of sp³-hybridized carbons (Fsp3) is 0.385. The van der Waals surface area contributed by atoms with Crippen LogP contribution < -0.4 is 5.32 Å². The molecule has 0 aliphatic rings. The summed E-state index contributed by atoms with van der Waals surface area (Å²) >= 11 is 0. The molecule has 0 saturated heterocycles. The first kappa shape index (κ1) is 13.2. The Morgan fingerprint density at radius 1 is 1.29 bits per heavy atom. The smallest absolute Gasteiger partial charge is 0.303 e. The summed E-state index contributed by atoms with van der Waals surface area (Å²) < 4.78 is 0. The average Bonchev–Trinajstić information content (AvgIpc) is 2.34. The van der Waals surface area contributed by atoms with E-state index in [4.69, 9.17) is 5.11 Å². The van der Waals surface area contributed by atoms with Gasteiger partial charge in [-0.2, -0.15) is 0 Å². The fourth-order valence-corrected chi connectivity index (χ4v) is 1.50. The van der Waals surface area contributed by atoms with Crippen LogP contribution in [0.25, 0.3) is 0 Å². The van der Waals surface area contributed by atoms with Crippen molar-refractivity contribution in [2.45, 2.75) is 25.7 Å². The van der Waals surface area contributed by atoms with Crippen molar-refractivity contribution in [2.75, 3.05) is 6.54 Å². The molecule has 1 aromatic rings. The van der Waals surface area contributed by atoms with Crippen molar-refractivity contribution < 1.29 is 14.7 Å². The summed E-state index contributed by atoms with van der Waals surface area (Å²) in [5, 5.41) is 11.2. The first-order valence-electron chi connectivity index (χ1n) is 5.65. The normalized spacial score (nSPS) is 11.8. The lowest BCUT2D eigenvalue weighted by atomic mass is 10.0. The Kier molecular flexibility index (Phi) is 5.20. The Morgan fingerprint density at radius 3 is 2.53 bits per heavy atom. The van der Waals surface area contributed by atoms with Crippen molar-refractivity contribution in [1.29, 1.82) is 0 Å². The Bertz CT molecular complexity index is 376. The molecule has 0 unspecified atom stereocenters. The van der Waals surface area contributed by atoms with Gasteiger partial charge in [-0.25, -0.2) is 0 Å². The van der Waals surface area contributed by atoms with Gasteiger partial charge in [-0.1, -0.05) is 30.3 Å². The second kappa shape index (κ2) is 6.68. The molecular formula is C13H17NO3. The van der Waals surface area contributed by atoms with Crippen LogP contribution in [0, 0.1) is 0 Å². The van der Waals surface area contributed by atoms with Crippen LogP contribution >= 0.6 is 0 Å². The summed E-state index contributed by atoms with van der Waals surface area (Å²) in [7, 11) is 0. The van der Waals surface area contributed by atoms with Crippen LogP contribution in [0.2, 0.25) is 0 Å². The van der Waals surface area contributed by atoms with E-state index in [1.54, 1.807) is 0 Å². The second-order valence-electron chi connectivity index (χ2n) is 3.92. The largest absolute Gasteiger partial charge is 0.481 e. The molecule has 0 fully saturated rings. The quantitative estimate of drug-likeness (QED) is 0.738. The third-order valence-corrected chi connectivity index (χ3v) is 2.56. The molecule has 17 heavy (non-hydrogen) atoms. The first-order valence-corrected chi connectivity index (χ1v) is 5.65. The Hall–Kier alpha value is -1.84. The highest BCUT2D eigenvalue weighted by Gasteiger charge is 2.13. The standard InChI is InChI=1S/C13H17NO3/c1-10(11-6-3-2-4-7-11)13(17)14-9-5-8-12(15)16/h2-4,6-7,10H,5,8-9H2,1H3,(H,14,17)(H,15,16)/t10-/m1/s1. The zero-order chi connectivity index (χ0) is 12.7. The Morgan fingerprint density at radius 2 is 1.94 bits per heavy atom. The van der Waals surface area contributed by atoms with Crippen LogP contribution in [-0.2, 0) is 9.59 Å². The van der Waals surface area contributed by atoms with Crippen molar-refractivity contribution >= 4 is 11.9 Å². The van der Waals surface area contributed by atoms with E-state index in [2.05, 4.69) is 5.32 Å². The molecule has 0 aliphatic carbocycles. The number of hydrogen-bond donors (Lipinski definition) is 2. The highest BCUT2D eigenvalue weighted by Crippen LogP contribution is 2.14. The highest BCUT2D eigenvalue weighted by molar-refractivity contribution is 5.83. The van der Waals surface area contributed by atoms with Crippen LogP contribution in [-0.4, -0.2) is 23.5 Å². The van der Waals surface area contributed by atoms with E-state index in [0.717, 1.165) is 5.56 Å². The molecule has 4 heteroatoms. The first-order chi connectivity index (χ1) is 8.11. The van der Waals surface area contributed by atoms with Crippen molar-refractivity contribution in [2.24, 2.45) is 0 Å². The van der Waals surface area contributed by atoms with E-state index in [-0.39, 0.29) is 18.2 Å². The lowest BCUT2D eigenvalue weighted by molar-refractivity contribution is -0.137. The summed E-state index contributed by atoms with van der Waals surface area (Å²) in [6.07, 6.45) is 0.544. The maximum atomic E-state index is 11.7. The number of hydrogen-bond acceptors (Lipinski definition) is 2. The van der Waals surface area contributed by atoms with E-state index in [1.165, 1.54) is 0 Å². The van der Waals surface area contributed by atoms with Gasteiger partial charge in [-0.15, -0.1) is 0 Å². The van der Waals surface area contributed by atoms with E-state index < -0.39 is 5.97 Å². The van der Waals surface area contributed by atoms with Gasteiger partial charge in [0, 0.05) is 13.0 Å². The molecule has 1 rings (SSSR count). The summed E-state index contributed by atoms with van der Waals surface area (Å²) in [5.41, 5.74) is 0.961. The second-order valence-corrected chi connectivity index (χ2v) is 3.92. The van der Waals surface area contributed by atoms with Gasteiger partial charge in [-0.3, -0.25) is 9.59 Å². The lowest BCUT2D eigenvalue weighted by Crippen LogP contribution is -2.29. The van der Waals surface area contributed by atoms with E-state index in [0.29, 0.717) is 13.0 Å². The topological polar surface area (TPSA) is 66.4 Å². The molecule has 0 bridgehead atoms. The van der Waals surface area contributed by atoms with Gasteiger partial charge in [-0.05, 0) is 18.9 Å². The number of aliphatic carboxylic acids is 1. The van der Waals surface area contributed by atoms with Crippen molar-refractivity contribution in [3.8, 4) is 0 Å². The van der Waals surface area contributed by atoms with Crippen LogP contribution in [0.1, 0.15) is 31.2 Å². The molecule has 0 radical (unpaired) electrons. The number of benzene rings is 1. The van der Waals surface area contributed by atoms with Crippen LogP contribution in [0.15, 0.2) is 30.3 Å².